The molecule has 1 spiro atoms. The van der Waals surface area contributed by atoms with Crippen molar-refractivity contribution in [3.05, 3.63) is 90.0 Å². The molecule has 2 heterocycles. The molecule has 2 fully saturated rings. The fourth-order valence-electron chi connectivity index (χ4n) is 5.33. The fraction of sp³-hybridized carbons (Fsp3) is 0.300. The van der Waals surface area contributed by atoms with Crippen molar-refractivity contribution in [1.82, 2.24) is 9.80 Å². The van der Waals surface area contributed by atoms with Crippen LogP contribution in [0.4, 0.5) is 11.4 Å². The number of carbonyl (C=O) groups is 3. The van der Waals surface area contributed by atoms with Crippen molar-refractivity contribution in [3.63, 3.8) is 0 Å². The lowest BCUT2D eigenvalue weighted by atomic mass is 9.85. The monoisotopic (exact) mass is 512 g/mol. The van der Waals surface area contributed by atoms with Crippen molar-refractivity contribution in [2.45, 2.75) is 25.3 Å². The SMILES string of the molecule is COc1ccc(NC(=O)CN2CN(c3ccccc3)C3(CCN(C(=O)c4ccc(C)cc4)CC3)C2=O)cc1. The van der Waals surface area contributed by atoms with E-state index in [1.165, 1.54) is 0 Å². The molecule has 5 rings (SSSR count). The Hall–Kier alpha value is -4.33. The number of rotatable bonds is 6. The third kappa shape index (κ3) is 4.94. The van der Waals surface area contributed by atoms with Crippen LogP contribution in [0.3, 0.4) is 0 Å². The predicted molar refractivity (Wildman–Crippen MR) is 146 cm³/mol. The standard InChI is InChI=1S/C30H32N4O4/c1-22-8-10-23(11-9-22)28(36)32-18-16-30(17-19-32)29(37)33(21-34(30)25-6-4-3-5-7-25)20-27(35)31-24-12-14-26(38-2)15-13-24/h3-15H,16-21H2,1-2H3,(H,31,35). The molecule has 0 saturated carbocycles. The summed E-state index contributed by atoms with van der Waals surface area (Å²) in [5.41, 5.74) is 2.52. The summed E-state index contributed by atoms with van der Waals surface area (Å²) in [6.45, 7) is 3.18. The van der Waals surface area contributed by atoms with E-state index in [0.29, 0.717) is 49.6 Å². The van der Waals surface area contributed by atoms with Crippen LogP contribution in [-0.4, -0.2) is 66.5 Å². The molecule has 3 aromatic rings. The number of hydrogen-bond donors (Lipinski definition) is 1. The Morgan fingerprint density at radius 3 is 2.21 bits per heavy atom. The highest BCUT2D eigenvalue weighted by Crippen LogP contribution is 2.39. The van der Waals surface area contributed by atoms with Crippen molar-refractivity contribution in [2.24, 2.45) is 0 Å². The van der Waals surface area contributed by atoms with Gasteiger partial charge in [0.15, 0.2) is 0 Å². The molecular weight excluding hydrogens is 480 g/mol. The van der Waals surface area contributed by atoms with E-state index in [2.05, 4.69) is 10.2 Å². The molecule has 8 heteroatoms. The number of nitrogens with one attached hydrogen (secondary N) is 1. The lowest BCUT2D eigenvalue weighted by Crippen LogP contribution is -2.57. The molecule has 1 N–H and O–H groups in total. The molecule has 0 aliphatic carbocycles. The van der Waals surface area contributed by atoms with Gasteiger partial charge in [-0.15, -0.1) is 0 Å². The zero-order valence-corrected chi connectivity index (χ0v) is 21.7. The Labute approximate surface area is 222 Å². The number of piperidine rings is 1. The summed E-state index contributed by atoms with van der Waals surface area (Å²) >= 11 is 0. The Morgan fingerprint density at radius 1 is 0.921 bits per heavy atom. The number of likely N-dealkylation sites (tertiary alicyclic amines) is 1. The maximum atomic E-state index is 13.9. The third-order valence-electron chi connectivity index (χ3n) is 7.47. The van der Waals surface area contributed by atoms with Gasteiger partial charge >= 0.3 is 0 Å². The van der Waals surface area contributed by atoms with Crippen LogP contribution in [0.25, 0.3) is 0 Å². The molecule has 0 bridgehead atoms. The van der Waals surface area contributed by atoms with Crippen LogP contribution in [0.5, 0.6) is 5.75 Å². The van der Waals surface area contributed by atoms with Crippen LogP contribution < -0.4 is 15.0 Å². The van der Waals surface area contributed by atoms with E-state index in [9.17, 15) is 14.4 Å². The second-order valence-corrected chi connectivity index (χ2v) is 9.87. The molecule has 0 atom stereocenters. The number of ether oxygens (including phenoxy) is 1. The minimum Gasteiger partial charge on any atom is -0.497 e. The summed E-state index contributed by atoms with van der Waals surface area (Å²) in [5.74, 6) is 0.340. The topological polar surface area (TPSA) is 82.2 Å². The number of carbonyl (C=O) groups excluding carboxylic acids is 3. The molecule has 3 aromatic carbocycles. The predicted octanol–water partition coefficient (Wildman–Crippen LogP) is 3.92. The van der Waals surface area contributed by atoms with E-state index in [1.54, 1.807) is 36.3 Å². The summed E-state index contributed by atoms with van der Waals surface area (Å²) < 4.78 is 5.17. The average Bonchev–Trinajstić information content (AvgIpc) is 3.20. The minimum absolute atomic E-state index is 0.0210. The van der Waals surface area contributed by atoms with E-state index >= 15 is 0 Å². The number of amides is 3. The van der Waals surface area contributed by atoms with E-state index < -0.39 is 5.54 Å². The number of aryl methyl sites for hydroxylation is 1. The third-order valence-corrected chi connectivity index (χ3v) is 7.47. The number of benzene rings is 3. The van der Waals surface area contributed by atoms with Gasteiger partial charge in [0, 0.05) is 30.0 Å². The summed E-state index contributed by atoms with van der Waals surface area (Å²) in [6.07, 6.45) is 0.990. The molecule has 2 aliphatic rings. The number of methoxy groups -OCH3 is 1. The molecule has 0 unspecified atom stereocenters. The highest BCUT2D eigenvalue weighted by Gasteiger charge is 2.54. The quantitative estimate of drug-likeness (QED) is 0.541. The summed E-state index contributed by atoms with van der Waals surface area (Å²) in [7, 11) is 1.59. The highest BCUT2D eigenvalue weighted by atomic mass is 16.5. The van der Waals surface area contributed by atoms with Gasteiger partial charge in [-0.2, -0.15) is 0 Å². The number of para-hydroxylation sites is 1. The van der Waals surface area contributed by atoms with Gasteiger partial charge in [-0.25, -0.2) is 0 Å². The normalized spacial score (nSPS) is 16.6. The minimum atomic E-state index is -0.800. The molecule has 0 aromatic heterocycles. The number of anilines is 2. The van der Waals surface area contributed by atoms with E-state index in [1.807, 2.05) is 66.4 Å². The summed E-state index contributed by atoms with van der Waals surface area (Å²) in [5, 5.41) is 2.87. The first-order valence-electron chi connectivity index (χ1n) is 12.8. The first kappa shape index (κ1) is 25.3. The Bertz CT molecular complexity index is 1300. The highest BCUT2D eigenvalue weighted by molar-refractivity contribution is 6.00. The Balaban J connectivity index is 1.32. The van der Waals surface area contributed by atoms with Crippen LogP contribution >= 0.6 is 0 Å². The lowest BCUT2D eigenvalue weighted by molar-refractivity contribution is -0.136. The Morgan fingerprint density at radius 2 is 1.58 bits per heavy atom. The molecule has 196 valence electrons. The molecule has 3 amide bonds. The van der Waals surface area contributed by atoms with Crippen molar-refractivity contribution < 1.29 is 19.1 Å². The van der Waals surface area contributed by atoms with Gasteiger partial charge in [-0.1, -0.05) is 35.9 Å². The molecule has 8 nitrogen and oxygen atoms in total. The van der Waals surface area contributed by atoms with Gasteiger partial charge in [0.2, 0.25) is 5.91 Å². The van der Waals surface area contributed by atoms with Gasteiger partial charge in [0.1, 0.15) is 17.8 Å². The van der Waals surface area contributed by atoms with E-state index in [-0.39, 0.29) is 24.3 Å². The zero-order valence-electron chi connectivity index (χ0n) is 21.7. The molecule has 2 saturated heterocycles. The van der Waals surface area contributed by atoms with Crippen LogP contribution in [-0.2, 0) is 9.59 Å². The fourth-order valence-corrected chi connectivity index (χ4v) is 5.33. The summed E-state index contributed by atoms with van der Waals surface area (Å²) in [6, 6.07) is 24.5. The smallest absolute Gasteiger partial charge is 0.253 e. The summed E-state index contributed by atoms with van der Waals surface area (Å²) in [4.78, 5) is 45.5. The molecule has 0 radical (unpaired) electrons. The van der Waals surface area contributed by atoms with Crippen LogP contribution in [0.15, 0.2) is 78.9 Å². The van der Waals surface area contributed by atoms with Crippen LogP contribution in [0.2, 0.25) is 0 Å². The number of hydrogen-bond acceptors (Lipinski definition) is 5. The van der Waals surface area contributed by atoms with Gasteiger partial charge in [0.25, 0.3) is 11.8 Å². The lowest BCUT2D eigenvalue weighted by Gasteiger charge is -2.43. The second-order valence-electron chi connectivity index (χ2n) is 9.87. The molecular formula is C30H32N4O4. The van der Waals surface area contributed by atoms with Gasteiger partial charge in [-0.3, -0.25) is 14.4 Å². The van der Waals surface area contributed by atoms with Gasteiger partial charge in [-0.05, 0) is 68.3 Å². The van der Waals surface area contributed by atoms with Crippen molar-refractivity contribution in [2.75, 3.05) is 43.6 Å². The maximum absolute atomic E-state index is 13.9. The molecule has 38 heavy (non-hydrogen) atoms. The van der Waals surface area contributed by atoms with Gasteiger partial charge < -0.3 is 24.8 Å². The first-order valence-corrected chi connectivity index (χ1v) is 12.8. The second kappa shape index (κ2) is 10.6. The Kier molecular flexibility index (Phi) is 7.05. The average molecular weight is 513 g/mol. The number of nitrogens with zero attached hydrogens (tertiary/aromatic N) is 3. The largest absolute Gasteiger partial charge is 0.497 e. The van der Waals surface area contributed by atoms with Gasteiger partial charge in [0.05, 0.1) is 13.8 Å². The molecule has 2 aliphatic heterocycles. The zero-order chi connectivity index (χ0) is 26.7. The van der Waals surface area contributed by atoms with Crippen molar-refractivity contribution >= 4 is 29.1 Å². The van der Waals surface area contributed by atoms with Crippen LogP contribution in [0, 0.1) is 6.92 Å². The van der Waals surface area contributed by atoms with Crippen molar-refractivity contribution in [1.29, 1.82) is 0 Å². The van der Waals surface area contributed by atoms with E-state index in [0.717, 1.165) is 11.3 Å². The first-order chi connectivity index (χ1) is 18.4. The van der Waals surface area contributed by atoms with Crippen LogP contribution in [0.1, 0.15) is 28.8 Å². The maximum Gasteiger partial charge on any atom is 0.253 e. The van der Waals surface area contributed by atoms with Crippen molar-refractivity contribution in [3.8, 4) is 5.75 Å². The van der Waals surface area contributed by atoms with E-state index in [4.69, 9.17) is 4.74 Å².